The Bertz CT molecular complexity index is 941. The normalized spacial score (nSPS) is 22.6. The molecule has 27 heavy (non-hydrogen) atoms. The van der Waals surface area contributed by atoms with E-state index in [1.54, 1.807) is 24.5 Å². The van der Waals surface area contributed by atoms with E-state index >= 15 is 0 Å². The quantitative estimate of drug-likeness (QED) is 0.687. The Morgan fingerprint density at radius 1 is 1.30 bits per heavy atom. The van der Waals surface area contributed by atoms with Gasteiger partial charge in [0, 0.05) is 12.1 Å². The second-order valence-electron chi connectivity index (χ2n) is 7.14. The van der Waals surface area contributed by atoms with Crippen LogP contribution in [0.4, 0.5) is 13.2 Å². The van der Waals surface area contributed by atoms with Crippen molar-refractivity contribution >= 4 is 32.6 Å². The molecule has 2 N–H and O–H groups in total. The van der Waals surface area contributed by atoms with Gasteiger partial charge in [-0.15, -0.1) is 11.3 Å². The molecule has 0 amide bonds. The van der Waals surface area contributed by atoms with Gasteiger partial charge in [0.15, 0.2) is 0 Å². The van der Waals surface area contributed by atoms with Crippen LogP contribution in [0.1, 0.15) is 50.6 Å². The molecule has 1 aliphatic rings. The van der Waals surface area contributed by atoms with Crippen LogP contribution < -0.4 is 5.32 Å². The molecule has 0 saturated heterocycles. The Kier molecular flexibility index (Phi) is 4.85. The first kappa shape index (κ1) is 18.6. The fourth-order valence-electron chi connectivity index (χ4n) is 3.96. The van der Waals surface area contributed by atoms with Crippen molar-refractivity contribution in [1.29, 1.82) is 0 Å². The lowest BCUT2D eigenvalue weighted by Gasteiger charge is -2.32. The van der Waals surface area contributed by atoms with Crippen molar-refractivity contribution < 1.29 is 18.3 Å². The summed E-state index contributed by atoms with van der Waals surface area (Å²) in [6.07, 6.45) is -0.367. The van der Waals surface area contributed by atoms with Gasteiger partial charge in [0.1, 0.15) is 17.4 Å². The second kappa shape index (κ2) is 7.03. The van der Waals surface area contributed by atoms with Gasteiger partial charge in [-0.3, -0.25) is 4.98 Å². The summed E-state index contributed by atoms with van der Waals surface area (Å²) >= 11 is 1.59. The zero-order valence-electron chi connectivity index (χ0n) is 14.8. The van der Waals surface area contributed by atoms with E-state index < -0.39 is 18.8 Å². The Balaban J connectivity index is 1.63. The van der Waals surface area contributed by atoms with E-state index in [4.69, 9.17) is 0 Å². The number of thiophene rings is 1. The number of hydrogen-bond acceptors (Lipinski definition) is 5. The highest BCUT2D eigenvalue weighted by atomic mass is 32.1. The Hall–Kier alpha value is -1.71. The summed E-state index contributed by atoms with van der Waals surface area (Å²) in [5.41, 5.74) is 2.61. The molecule has 0 unspecified atom stereocenters. The zero-order chi connectivity index (χ0) is 19.2. The van der Waals surface area contributed by atoms with Crippen LogP contribution in [0.5, 0.6) is 0 Å². The van der Waals surface area contributed by atoms with Crippen LogP contribution in [0.15, 0.2) is 17.6 Å². The van der Waals surface area contributed by atoms with Gasteiger partial charge in [-0.25, -0.2) is 4.98 Å². The summed E-state index contributed by atoms with van der Waals surface area (Å²) in [6.45, 7) is 0.740. The van der Waals surface area contributed by atoms with Gasteiger partial charge in [-0.1, -0.05) is 0 Å². The maximum atomic E-state index is 12.4. The standard InChI is InChI=1S/C18H21F3N4OS/c1-10(26)17-24-14-8-22-13-6-7-27-16(13)15(14)25(17)12-4-2-11(3-5-12)23-9-18(19,20)21/h6-8,10-12,23,26H,2-5,9H2,1H3/t10-,11?,12?/m1/s1. The number of pyridine rings is 1. The second-order valence-corrected chi connectivity index (χ2v) is 8.06. The monoisotopic (exact) mass is 398 g/mol. The summed E-state index contributed by atoms with van der Waals surface area (Å²) in [6, 6.07) is 1.93. The largest absolute Gasteiger partial charge is 0.401 e. The molecule has 3 aromatic rings. The molecule has 5 nitrogen and oxygen atoms in total. The van der Waals surface area contributed by atoms with Crippen LogP contribution >= 0.6 is 11.3 Å². The molecule has 0 radical (unpaired) electrons. The average Bonchev–Trinajstić information content (AvgIpc) is 3.23. The molecular weight excluding hydrogens is 377 g/mol. The van der Waals surface area contributed by atoms with Crippen LogP contribution in [-0.4, -0.2) is 38.4 Å². The third kappa shape index (κ3) is 3.68. The van der Waals surface area contributed by atoms with Gasteiger partial charge in [-0.2, -0.15) is 13.2 Å². The van der Waals surface area contributed by atoms with Gasteiger partial charge in [-0.05, 0) is 44.1 Å². The van der Waals surface area contributed by atoms with Crippen LogP contribution in [-0.2, 0) is 0 Å². The van der Waals surface area contributed by atoms with E-state index in [1.165, 1.54) is 0 Å². The van der Waals surface area contributed by atoms with Crippen LogP contribution in [0.25, 0.3) is 21.3 Å². The molecule has 0 aromatic carbocycles. The zero-order valence-corrected chi connectivity index (χ0v) is 15.6. The SMILES string of the molecule is C[C@@H](O)c1nc2cnc3ccsc3c2n1C1CCC(NCC(F)(F)F)CC1. The van der Waals surface area contributed by atoms with E-state index in [1.807, 2.05) is 11.4 Å². The van der Waals surface area contributed by atoms with Crippen molar-refractivity contribution in [2.24, 2.45) is 0 Å². The lowest BCUT2D eigenvalue weighted by Crippen LogP contribution is -2.39. The fraction of sp³-hybridized carbons (Fsp3) is 0.556. The number of nitrogens with one attached hydrogen (secondary N) is 1. The molecule has 9 heteroatoms. The maximum absolute atomic E-state index is 12.4. The summed E-state index contributed by atoms with van der Waals surface area (Å²) in [4.78, 5) is 9.02. The molecule has 3 heterocycles. The molecule has 0 aliphatic heterocycles. The molecule has 0 bridgehead atoms. The first-order valence-corrected chi connectivity index (χ1v) is 9.93. The molecule has 146 valence electrons. The molecule has 0 spiro atoms. The van der Waals surface area contributed by atoms with Crippen LogP contribution in [0, 0.1) is 0 Å². The van der Waals surface area contributed by atoms with Gasteiger partial charge in [0.2, 0.25) is 0 Å². The lowest BCUT2D eigenvalue weighted by molar-refractivity contribution is -0.126. The molecule has 4 rings (SSSR count). The minimum absolute atomic E-state index is 0.108. The van der Waals surface area contributed by atoms with Crippen molar-refractivity contribution in [1.82, 2.24) is 19.9 Å². The fourth-order valence-corrected chi connectivity index (χ4v) is 4.85. The summed E-state index contributed by atoms with van der Waals surface area (Å²) in [7, 11) is 0. The highest BCUT2D eigenvalue weighted by Crippen LogP contribution is 2.38. The number of aromatic nitrogens is 3. The lowest BCUT2D eigenvalue weighted by atomic mass is 9.90. The van der Waals surface area contributed by atoms with Crippen molar-refractivity contribution in [3.63, 3.8) is 0 Å². The van der Waals surface area contributed by atoms with E-state index in [0.717, 1.165) is 34.1 Å². The highest BCUT2D eigenvalue weighted by molar-refractivity contribution is 7.18. The van der Waals surface area contributed by atoms with E-state index in [9.17, 15) is 18.3 Å². The van der Waals surface area contributed by atoms with E-state index in [2.05, 4.69) is 19.9 Å². The minimum Gasteiger partial charge on any atom is -0.385 e. The molecular formula is C18H21F3N4OS. The summed E-state index contributed by atoms with van der Waals surface area (Å²) < 4.78 is 40.4. The number of nitrogens with zero attached hydrogens (tertiary/aromatic N) is 3. The number of fused-ring (bicyclic) bond motifs is 3. The Morgan fingerprint density at radius 2 is 2.04 bits per heavy atom. The third-order valence-corrected chi connectivity index (χ3v) is 6.09. The number of imidazole rings is 1. The molecule has 3 aromatic heterocycles. The number of halogens is 3. The van der Waals surface area contributed by atoms with Crippen molar-refractivity contribution in [3.8, 4) is 0 Å². The van der Waals surface area contributed by atoms with Gasteiger partial charge >= 0.3 is 6.18 Å². The number of aliphatic hydroxyl groups is 1. The first-order valence-electron chi connectivity index (χ1n) is 9.05. The molecule has 1 atom stereocenters. The van der Waals surface area contributed by atoms with Crippen LogP contribution in [0.2, 0.25) is 0 Å². The number of alkyl halides is 3. The number of aliphatic hydroxyl groups excluding tert-OH is 1. The van der Waals surface area contributed by atoms with Crippen molar-refractivity contribution in [2.75, 3.05) is 6.54 Å². The van der Waals surface area contributed by atoms with Gasteiger partial charge in [0.25, 0.3) is 0 Å². The smallest absolute Gasteiger partial charge is 0.385 e. The first-order chi connectivity index (χ1) is 12.8. The van der Waals surface area contributed by atoms with Gasteiger partial charge < -0.3 is 15.0 Å². The minimum atomic E-state index is -4.19. The summed E-state index contributed by atoms with van der Waals surface area (Å²) in [5, 5.41) is 14.8. The molecule has 1 saturated carbocycles. The average molecular weight is 398 g/mol. The third-order valence-electron chi connectivity index (χ3n) is 5.18. The Labute approximate surface area is 158 Å². The van der Waals surface area contributed by atoms with Crippen molar-refractivity contribution in [2.45, 2.75) is 57.0 Å². The van der Waals surface area contributed by atoms with Crippen LogP contribution in [0.3, 0.4) is 0 Å². The summed E-state index contributed by atoms with van der Waals surface area (Å²) in [5.74, 6) is 0.597. The highest BCUT2D eigenvalue weighted by Gasteiger charge is 2.31. The van der Waals surface area contributed by atoms with Gasteiger partial charge in [0.05, 0.1) is 28.5 Å². The molecule has 1 aliphatic carbocycles. The van der Waals surface area contributed by atoms with Crippen molar-refractivity contribution in [3.05, 3.63) is 23.5 Å². The van der Waals surface area contributed by atoms with E-state index in [0.29, 0.717) is 18.7 Å². The molecule has 1 fully saturated rings. The number of rotatable bonds is 4. The predicted molar refractivity (Wildman–Crippen MR) is 98.9 cm³/mol. The Morgan fingerprint density at radius 3 is 2.70 bits per heavy atom. The maximum Gasteiger partial charge on any atom is 0.401 e. The van der Waals surface area contributed by atoms with E-state index in [-0.39, 0.29) is 12.1 Å². The number of hydrogen-bond donors (Lipinski definition) is 2. The topological polar surface area (TPSA) is 63.0 Å². The predicted octanol–water partition coefficient (Wildman–Crippen LogP) is 4.33.